The molecule has 0 unspecified atom stereocenters. The van der Waals surface area contributed by atoms with Crippen molar-refractivity contribution in [2.45, 2.75) is 13.3 Å². The predicted molar refractivity (Wildman–Crippen MR) is 35.8 cm³/mol. The summed E-state index contributed by atoms with van der Waals surface area (Å²) in [5.41, 5.74) is 0. The van der Waals surface area contributed by atoms with Gasteiger partial charge in [-0.2, -0.15) is 0 Å². The third-order valence-corrected chi connectivity index (χ3v) is 7.03. The van der Waals surface area contributed by atoms with Crippen LogP contribution in [0, 0.1) is 0 Å². The quantitative estimate of drug-likeness (QED) is 0.474. The van der Waals surface area contributed by atoms with E-state index in [4.69, 9.17) is 4.49 Å². The molecule has 0 aliphatic rings. The van der Waals surface area contributed by atoms with Crippen molar-refractivity contribution in [2.24, 2.45) is 0 Å². The Morgan fingerprint density at radius 1 is 1.71 bits per heavy atom. The summed E-state index contributed by atoms with van der Waals surface area (Å²) in [5, 5.41) is 0. The third-order valence-electron chi connectivity index (χ3n) is 0.550. The first-order valence-electron chi connectivity index (χ1n) is 2.48. The monoisotopic (exact) mass is 320 g/mol. The molecule has 0 heterocycles. The SMILES string of the molecule is CCC[O][SnH2][O][SnH3]. The molecule has 4 heteroatoms. The molecule has 0 aliphatic carbocycles. The molecule has 0 rings (SSSR count). The van der Waals surface area contributed by atoms with Crippen molar-refractivity contribution in [1.29, 1.82) is 0 Å². The van der Waals surface area contributed by atoms with Crippen LogP contribution in [0.15, 0.2) is 0 Å². The van der Waals surface area contributed by atoms with Gasteiger partial charge in [0.15, 0.2) is 0 Å². The van der Waals surface area contributed by atoms with Gasteiger partial charge in [-0.3, -0.25) is 0 Å². The van der Waals surface area contributed by atoms with Gasteiger partial charge in [0.2, 0.25) is 0 Å². The third kappa shape index (κ3) is 7.52. The van der Waals surface area contributed by atoms with E-state index in [2.05, 4.69) is 6.92 Å². The topological polar surface area (TPSA) is 18.5 Å². The Bertz CT molecular complexity index is 30.1. The van der Waals surface area contributed by atoms with E-state index in [1.165, 1.54) is 0 Å². The zero-order chi connectivity index (χ0) is 5.54. The van der Waals surface area contributed by atoms with E-state index in [0.29, 0.717) is 22.9 Å². The molecular formula is C3H12O2Sn2. The van der Waals surface area contributed by atoms with Gasteiger partial charge in [-0.15, -0.1) is 0 Å². The van der Waals surface area contributed by atoms with Gasteiger partial charge in [0.05, 0.1) is 0 Å². The van der Waals surface area contributed by atoms with E-state index < -0.39 is 22.0 Å². The van der Waals surface area contributed by atoms with Gasteiger partial charge >= 0.3 is 69.3 Å². The van der Waals surface area contributed by atoms with Gasteiger partial charge in [0.1, 0.15) is 0 Å². The fraction of sp³-hybridized carbons (Fsp3) is 1.00. The minimum absolute atomic E-state index is 0.444. The van der Waals surface area contributed by atoms with E-state index in [-0.39, 0.29) is 0 Å². The second kappa shape index (κ2) is 7.52. The molecule has 0 aromatic heterocycles. The molecule has 2 nitrogen and oxygen atoms in total. The molecule has 0 saturated carbocycles. The molecule has 0 aromatic rings. The van der Waals surface area contributed by atoms with Crippen LogP contribution in [0.5, 0.6) is 0 Å². The molecule has 0 saturated heterocycles. The molecule has 0 atom stereocenters. The molecular weight excluding hydrogens is 305 g/mol. The molecule has 0 amide bonds. The van der Waals surface area contributed by atoms with E-state index in [0.717, 1.165) is 13.0 Å². The van der Waals surface area contributed by atoms with Crippen LogP contribution in [0.4, 0.5) is 0 Å². The van der Waals surface area contributed by atoms with Gasteiger partial charge in [0, 0.05) is 0 Å². The average Bonchev–Trinajstić information content (AvgIpc) is 1.69. The number of hydrogen-bond donors (Lipinski definition) is 0. The van der Waals surface area contributed by atoms with Gasteiger partial charge in [0.25, 0.3) is 0 Å². The molecule has 0 radical (unpaired) electrons. The Hall–Kier alpha value is 1.52. The van der Waals surface area contributed by atoms with Crippen molar-refractivity contribution < 1.29 is 4.49 Å². The number of rotatable bonds is 4. The molecule has 0 aliphatic heterocycles. The summed E-state index contributed by atoms with van der Waals surface area (Å²) in [4.78, 5) is 0. The summed E-state index contributed by atoms with van der Waals surface area (Å²) in [6.45, 7) is 3.04. The fourth-order valence-electron chi connectivity index (χ4n) is 0.287. The summed E-state index contributed by atoms with van der Waals surface area (Å²) in [6, 6.07) is 0. The zero-order valence-electron chi connectivity index (χ0n) is 4.94. The first-order valence-corrected chi connectivity index (χ1v) is 8.11. The van der Waals surface area contributed by atoms with E-state index in [1.54, 1.807) is 0 Å². The van der Waals surface area contributed by atoms with Crippen LogP contribution in [0.3, 0.4) is 0 Å². The van der Waals surface area contributed by atoms with Crippen LogP contribution in [-0.2, 0) is 4.49 Å². The van der Waals surface area contributed by atoms with Crippen LogP contribution in [0.2, 0.25) is 0 Å². The van der Waals surface area contributed by atoms with E-state index in [1.807, 2.05) is 0 Å². The van der Waals surface area contributed by atoms with Crippen LogP contribution in [-0.4, -0.2) is 51.5 Å². The molecule has 0 bridgehead atoms. The van der Waals surface area contributed by atoms with E-state index in [9.17, 15) is 0 Å². The van der Waals surface area contributed by atoms with Crippen molar-refractivity contribution >= 4 is 44.9 Å². The van der Waals surface area contributed by atoms with E-state index >= 15 is 0 Å². The molecule has 0 N–H and O–H groups in total. The zero-order valence-corrected chi connectivity index (χ0v) is 14.7. The summed E-state index contributed by atoms with van der Waals surface area (Å²) in [7, 11) is 0. The van der Waals surface area contributed by atoms with Gasteiger partial charge in [-0.25, -0.2) is 0 Å². The predicted octanol–water partition coefficient (Wildman–Crippen LogP) is -1.29. The molecule has 0 fully saturated rings. The molecule has 7 heavy (non-hydrogen) atoms. The summed E-state index contributed by atoms with van der Waals surface area (Å²) in [5.74, 6) is 0. The maximum atomic E-state index is 5.17. The van der Waals surface area contributed by atoms with Gasteiger partial charge in [-0.05, 0) is 0 Å². The van der Waals surface area contributed by atoms with Crippen LogP contribution >= 0.6 is 0 Å². The van der Waals surface area contributed by atoms with Gasteiger partial charge < -0.3 is 0 Å². The molecule has 0 spiro atoms. The summed E-state index contributed by atoms with van der Waals surface area (Å²) in [6.07, 6.45) is 1.13. The number of hydrogen-bond acceptors (Lipinski definition) is 2. The minimum atomic E-state index is -1.01. The van der Waals surface area contributed by atoms with Crippen molar-refractivity contribution in [2.75, 3.05) is 6.61 Å². The Labute approximate surface area is 68.9 Å². The maximum absolute atomic E-state index is 5.17. The molecule has 0 aromatic carbocycles. The molecule has 44 valence electrons. The normalized spacial score (nSPS) is 11.6. The fourth-order valence-corrected chi connectivity index (χ4v) is 5.11. The van der Waals surface area contributed by atoms with Crippen molar-refractivity contribution in [3.63, 3.8) is 0 Å². The van der Waals surface area contributed by atoms with Crippen LogP contribution < -0.4 is 0 Å². The standard InChI is InChI=1S/C3H7O.O.2Sn.5H/c1-2-3-4;;;;;;;;/h2-3H2,1H3;;;;;;;;/q-1;;;+1;;;;;. The Balaban J connectivity index is 2.45. The summed E-state index contributed by atoms with van der Waals surface area (Å²) >= 11 is -0.571. The first-order chi connectivity index (χ1) is 3.41. The second-order valence-electron chi connectivity index (χ2n) is 1.31. The van der Waals surface area contributed by atoms with Crippen molar-refractivity contribution in [3.05, 3.63) is 0 Å². The van der Waals surface area contributed by atoms with Crippen molar-refractivity contribution in [3.8, 4) is 0 Å². The summed E-state index contributed by atoms with van der Waals surface area (Å²) < 4.78 is 10.2. The second-order valence-corrected chi connectivity index (χ2v) is 15.9. The van der Waals surface area contributed by atoms with Gasteiger partial charge in [-0.1, -0.05) is 0 Å². The average molecular weight is 318 g/mol. The Morgan fingerprint density at radius 3 is 2.86 bits per heavy atom. The van der Waals surface area contributed by atoms with Crippen LogP contribution in [0.25, 0.3) is 0 Å². The van der Waals surface area contributed by atoms with Crippen molar-refractivity contribution in [1.82, 2.24) is 0 Å². The van der Waals surface area contributed by atoms with Crippen LogP contribution in [0.1, 0.15) is 13.3 Å². The first kappa shape index (κ1) is 8.52. The Kier molecular flexibility index (Phi) is 9.15. The Morgan fingerprint density at radius 2 is 2.43 bits per heavy atom.